The van der Waals surface area contributed by atoms with Gasteiger partial charge in [-0.3, -0.25) is 14.2 Å². The number of nitrogens with zero attached hydrogens (tertiary/aromatic N) is 2. The zero-order chi connectivity index (χ0) is 21.8. The number of rotatable bonds is 7. The predicted octanol–water partition coefficient (Wildman–Crippen LogP) is 3.80. The Morgan fingerprint density at radius 1 is 1.13 bits per heavy atom. The Labute approximate surface area is 179 Å². The number of hydrogen-bond acceptors (Lipinski definition) is 5. The molecule has 1 amide bonds. The van der Waals surface area contributed by atoms with Crippen molar-refractivity contribution in [3.63, 3.8) is 0 Å². The fourth-order valence-corrected chi connectivity index (χ4v) is 3.48. The summed E-state index contributed by atoms with van der Waals surface area (Å²) in [7, 11) is 1.60. The molecular formula is C24H23N3O4. The number of furan rings is 1. The quantitative estimate of drug-likeness (QED) is 0.494. The van der Waals surface area contributed by atoms with E-state index >= 15 is 0 Å². The highest BCUT2D eigenvalue weighted by Crippen LogP contribution is 2.19. The maximum Gasteiger partial charge on any atom is 0.277 e. The van der Waals surface area contributed by atoms with Crippen LogP contribution in [0.15, 0.2) is 76.1 Å². The predicted molar refractivity (Wildman–Crippen MR) is 117 cm³/mol. The van der Waals surface area contributed by atoms with Gasteiger partial charge in [-0.15, -0.1) is 0 Å². The Balaban J connectivity index is 1.61. The first kappa shape index (κ1) is 20.4. The molecule has 2 heterocycles. The first-order valence-electron chi connectivity index (χ1n) is 10.0. The minimum atomic E-state index is -0.247. The Bertz CT molecular complexity index is 1240. The molecule has 2 aromatic carbocycles. The minimum Gasteiger partial charge on any atom is -0.497 e. The molecule has 0 fully saturated rings. The molecule has 31 heavy (non-hydrogen) atoms. The molecule has 7 nitrogen and oxygen atoms in total. The second-order valence-corrected chi connectivity index (χ2v) is 7.19. The summed E-state index contributed by atoms with van der Waals surface area (Å²) in [5.41, 5.74) is 2.21. The molecule has 158 valence electrons. The SMILES string of the molecule is COc1ccc(-n2c(=O)c(CCC(=O)N[C@@H](C)c3ccco3)nc3ccccc32)cc1. The molecule has 1 atom stereocenters. The third-order valence-corrected chi connectivity index (χ3v) is 5.09. The molecule has 4 aromatic rings. The summed E-state index contributed by atoms with van der Waals surface area (Å²) in [6, 6.07) is 18.1. The number of para-hydroxylation sites is 2. The van der Waals surface area contributed by atoms with Crippen LogP contribution in [0.4, 0.5) is 0 Å². The summed E-state index contributed by atoms with van der Waals surface area (Å²) in [5.74, 6) is 1.21. The van der Waals surface area contributed by atoms with E-state index in [-0.39, 0.29) is 30.3 Å². The number of nitrogens with one attached hydrogen (secondary N) is 1. The number of aromatic nitrogens is 2. The van der Waals surface area contributed by atoms with Crippen LogP contribution in [0.25, 0.3) is 16.7 Å². The Morgan fingerprint density at radius 2 is 1.90 bits per heavy atom. The molecule has 0 aliphatic rings. The molecule has 0 radical (unpaired) electrons. The Kier molecular flexibility index (Phi) is 5.84. The van der Waals surface area contributed by atoms with E-state index in [1.165, 1.54) is 0 Å². The molecule has 0 aliphatic heterocycles. The van der Waals surface area contributed by atoms with Gasteiger partial charge >= 0.3 is 0 Å². The van der Waals surface area contributed by atoms with Crippen molar-refractivity contribution in [1.82, 2.24) is 14.9 Å². The van der Waals surface area contributed by atoms with Gasteiger partial charge in [0.25, 0.3) is 5.56 Å². The van der Waals surface area contributed by atoms with Crippen molar-refractivity contribution in [3.8, 4) is 11.4 Å². The standard InChI is InChI=1S/C24H23N3O4/c1-16(22-8-5-15-31-22)25-23(28)14-13-20-24(29)27(17-9-11-18(30-2)12-10-17)21-7-4-3-6-19(21)26-20/h3-12,15-16H,13-14H2,1-2H3,(H,25,28)/t16-/m0/s1. The monoisotopic (exact) mass is 417 g/mol. The van der Waals surface area contributed by atoms with Gasteiger partial charge in [0, 0.05) is 18.5 Å². The van der Waals surface area contributed by atoms with Crippen LogP contribution in [0, 0.1) is 0 Å². The van der Waals surface area contributed by atoms with Gasteiger partial charge in [-0.25, -0.2) is 4.98 Å². The molecule has 7 heteroatoms. The molecule has 0 spiro atoms. The molecule has 1 N–H and O–H groups in total. The van der Waals surface area contributed by atoms with Crippen LogP contribution in [0.1, 0.15) is 30.8 Å². The zero-order valence-corrected chi connectivity index (χ0v) is 17.4. The molecule has 4 rings (SSSR count). The number of amides is 1. The van der Waals surface area contributed by atoms with Crippen LogP contribution < -0.4 is 15.6 Å². The van der Waals surface area contributed by atoms with E-state index in [1.807, 2.05) is 49.4 Å². The summed E-state index contributed by atoms with van der Waals surface area (Å²) in [4.78, 5) is 30.2. The highest BCUT2D eigenvalue weighted by Gasteiger charge is 2.16. The molecular weight excluding hydrogens is 394 g/mol. The van der Waals surface area contributed by atoms with Crippen LogP contribution in [0.5, 0.6) is 5.75 Å². The molecule has 0 aliphatic carbocycles. The van der Waals surface area contributed by atoms with Gasteiger partial charge in [-0.05, 0) is 55.5 Å². The lowest BCUT2D eigenvalue weighted by molar-refractivity contribution is -0.121. The smallest absolute Gasteiger partial charge is 0.277 e. The topological polar surface area (TPSA) is 86.4 Å². The van der Waals surface area contributed by atoms with Crippen molar-refractivity contribution in [2.24, 2.45) is 0 Å². The largest absolute Gasteiger partial charge is 0.497 e. The third-order valence-electron chi connectivity index (χ3n) is 5.09. The van der Waals surface area contributed by atoms with Crippen molar-refractivity contribution in [1.29, 1.82) is 0 Å². The van der Waals surface area contributed by atoms with E-state index in [2.05, 4.69) is 10.3 Å². The Morgan fingerprint density at radius 3 is 2.61 bits per heavy atom. The van der Waals surface area contributed by atoms with Gasteiger partial charge < -0.3 is 14.5 Å². The number of fused-ring (bicyclic) bond motifs is 1. The summed E-state index contributed by atoms with van der Waals surface area (Å²) in [5, 5.41) is 2.88. The first-order valence-corrected chi connectivity index (χ1v) is 10.0. The van der Waals surface area contributed by atoms with Crippen molar-refractivity contribution >= 4 is 16.9 Å². The lowest BCUT2D eigenvalue weighted by Crippen LogP contribution is -2.29. The molecule has 0 saturated carbocycles. The number of benzene rings is 2. The van der Waals surface area contributed by atoms with Crippen LogP contribution in [0.3, 0.4) is 0 Å². The van der Waals surface area contributed by atoms with E-state index < -0.39 is 0 Å². The van der Waals surface area contributed by atoms with Gasteiger partial charge in [0.05, 0.1) is 30.4 Å². The first-order chi connectivity index (χ1) is 15.1. The maximum absolute atomic E-state index is 13.3. The minimum absolute atomic E-state index is 0.147. The van der Waals surface area contributed by atoms with Gasteiger partial charge in [-0.2, -0.15) is 0 Å². The van der Waals surface area contributed by atoms with Crippen LogP contribution >= 0.6 is 0 Å². The van der Waals surface area contributed by atoms with Crippen molar-refractivity contribution in [2.45, 2.75) is 25.8 Å². The normalized spacial score (nSPS) is 11.9. The summed E-state index contributed by atoms with van der Waals surface area (Å²) >= 11 is 0. The highest BCUT2D eigenvalue weighted by molar-refractivity contribution is 5.78. The number of methoxy groups -OCH3 is 1. The lowest BCUT2D eigenvalue weighted by Gasteiger charge is -2.14. The highest BCUT2D eigenvalue weighted by atomic mass is 16.5. The Hall–Kier alpha value is -3.87. The average molecular weight is 417 g/mol. The number of hydrogen-bond donors (Lipinski definition) is 1. The molecule has 2 aromatic heterocycles. The van der Waals surface area contributed by atoms with E-state index in [0.717, 1.165) is 0 Å². The maximum atomic E-state index is 13.3. The van der Waals surface area contributed by atoms with Gasteiger partial charge in [0.2, 0.25) is 5.91 Å². The van der Waals surface area contributed by atoms with Crippen LogP contribution in [-0.4, -0.2) is 22.6 Å². The van der Waals surface area contributed by atoms with E-state index in [0.29, 0.717) is 33.9 Å². The number of aryl methyl sites for hydroxylation is 1. The number of carbonyl (C=O) groups excluding carboxylic acids is 1. The van der Waals surface area contributed by atoms with Crippen molar-refractivity contribution < 1.29 is 13.9 Å². The second kappa shape index (κ2) is 8.87. The number of carbonyl (C=O) groups is 1. The summed E-state index contributed by atoms with van der Waals surface area (Å²) < 4.78 is 12.2. The van der Waals surface area contributed by atoms with E-state index in [4.69, 9.17) is 9.15 Å². The molecule has 0 saturated heterocycles. The van der Waals surface area contributed by atoms with Gasteiger partial charge in [-0.1, -0.05) is 12.1 Å². The van der Waals surface area contributed by atoms with E-state index in [1.54, 1.807) is 36.1 Å². The van der Waals surface area contributed by atoms with Crippen molar-refractivity contribution in [2.75, 3.05) is 7.11 Å². The van der Waals surface area contributed by atoms with Gasteiger partial charge in [0.1, 0.15) is 17.2 Å². The number of ether oxygens (including phenoxy) is 1. The van der Waals surface area contributed by atoms with Crippen LogP contribution in [-0.2, 0) is 11.2 Å². The third kappa shape index (κ3) is 4.35. The second-order valence-electron chi connectivity index (χ2n) is 7.19. The summed E-state index contributed by atoms with van der Waals surface area (Å²) in [6.45, 7) is 1.85. The summed E-state index contributed by atoms with van der Waals surface area (Å²) in [6.07, 6.45) is 1.95. The van der Waals surface area contributed by atoms with Crippen molar-refractivity contribution in [3.05, 3.63) is 88.7 Å². The average Bonchev–Trinajstić information content (AvgIpc) is 3.33. The van der Waals surface area contributed by atoms with E-state index in [9.17, 15) is 9.59 Å². The fourth-order valence-electron chi connectivity index (χ4n) is 3.48. The molecule has 0 bridgehead atoms. The zero-order valence-electron chi connectivity index (χ0n) is 17.4. The fraction of sp³-hybridized carbons (Fsp3) is 0.208. The van der Waals surface area contributed by atoms with Crippen LogP contribution in [0.2, 0.25) is 0 Å². The van der Waals surface area contributed by atoms with Gasteiger partial charge in [0.15, 0.2) is 0 Å². The molecule has 0 unspecified atom stereocenters. The lowest BCUT2D eigenvalue weighted by atomic mass is 10.2.